The summed E-state index contributed by atoms with van der Waals surface area (Å²) in [5.41, 5.74) is 1.28. The molecule has 2 rings (SSSR count). The first-order valence-electron chi connectivity index (χ1n) is 4.47. The molecule has 4 heteroatoms. The van der Waals surface area contributed by atoms with E-state index in [0.29, 0.717) is 17.6 Å². The van der Waals surface area contributed by atoms with E-state index in [1.165, 1.54) is 5.01 Å². The van der Waals surface area contributed by atoms with Gasteiger partial charge in [-0.2, -0.15) is 5.10 Å². The van der Waals surface area contributed by atoms with Crippen LogP contribution in [0.3, 0.4) is 0 Å². The van der Waals surface area contributed by atoms with E-state index in [1.807, 2.05) is 0 Å². The van der Waals surface area contributed by atoms with Gasteiger partial charge in [0.05, 0.1) is 0 Å². The molecule has 0 bridgehead atoms. The van der Waals surface area contributed by atoms with E-state index in [0.717, 1.165) is 6.42 Å². The van der Waals surface area contributed by atoms with Gasteiger partial charge in [0.25, 0.3) is 5.91 Å². The number of hydrogen-bond donors (Lipinski definition) is 0. The minimum atomic E-state index is -0.0706. The molecule has 0 unspecified atom stereocenters. The van der Waals surface area contributed by atoms with Crippen LogP contribution in [0, 0.1) is 0 Å². The lowest BCUT2D eigenvalue weighted by Crippen LogP contribution is -2.23. The molecule has 1 amide bonds. The number of benzene rings is 1. The van der Waals surface area contributed by atoms with Crippen molar-refractivity contribution >= 4 is 25.4 Å². The van der Waals surface area contributed by atoms with E-state index in [-0.39, 0.29) is 5.91 Å². The second-order valence-corrected chi connectivity index (χ2v) is 3.14. The van der Waals surface area contributed by atoms with Gasteiger partial charge in [0.1, 0.15) is 7.85 Å². The summed E-state index contributed by atoms with van der Waals surface area (Å²) in [6, 6.07) is 6.86. The minimum absolute atomic E-state index is 0.0706. The van der Waals surface area contributed by atoms with Crippen molar-refractivity contribution in [3.8, 4) is 0 Å². The predicted octanol–water partition coefficient (Wildman–Crippen LogP) is 0.312. The van der Waals surface area contributed by atoms with E-state index in [9.17, 15) is 4.79 Å². The molecule has 0 N–H and O–H groups in total. The Morgan fingerprint density at radius 2 is 2.07 bits per heavy atom. The Morgan fingerprint density at radius 3 is 2.64 bits per heavy atom. The lowest BCUT2D eigenvalue weighted by molar-refractivity contribution is 0.0778. The summed E-state index contributed by atoms with van der Waals surface area (Å²) in [6.07, 6.45) is 2.58. The zero-order valence-electron chi connectivity index (χ0n) is 7.68. The van der Waals surface area contributed by atoms with Crippen LogP contribution < -0.4 is 5.46 Å². The maximum atomic E-state index is 11.7. The number of carbonyl (C=O) groups excluding carboxylic acids is 1. The lowest BCUT2D eigenvalue weighted by Gasteiger charge is -2.11. The fourth-order valence-corrected chi connectivity index (χ4v) is 1.32. The van der Waals surface area contributed by atoms with Gasteiger partial charge in [-0.25, -0.2) is 5.01 Å². The van der Waals surface area contributed by atoms with Crippen LogP contribution in [0.2, 0.25) is 0 Å². The molecule has 0 spiro atoms. The highest BCUT2D eigenvalue weighted by molar-refractivity contribution is 6.32. The Hall–Kier alpha value is -1.58. The second-order valence-electron chi connectivity index (χ2n) is 3.14. The van der Waals surface area contributed by atoms with Gasteiger partial charge in [0, 0.05) is 24.7 Å². The molecule has 1 aromatic carbocycles. The van der Waals surface area contributed by atoms with Crippen LogP contribution in [0.1, 0.15) is 16.8 Å². The molecule has 1 aliphatic heterocycles. The average Bonchev–Trinajstić information content (AvgIpc) is 2.71. The molecular formula is C10H9BN2O. The summed E-state index contributed by atoms with van der Waals surface area (Å²) >= 11 is 0. The zero-order chi connectivity index (χ0) is 9.97. The monoisotopic (exact) mass is 184 g/mol. The summed E-state index contributed by atoms with van der Waals surface area (Å²) in [5.74, 6) is -0.0706. The SMILES string of the molecule is [B]c1ccc(C(=O)N2CCC=N2)cc1. The highest BCUT2D eigenvalue weighted by Crippen LogP contribution is 2.07. The van der Waals surface area contributed by atoms with Crippen LogP contribution in [-0.4, -0.2) is 31.5 Å². The van der Waals surface area contributed by atoms with Crippen molar-refractivity contribution in [3.05, 3.63) is 29.8 Å². The molecule has 2 radical (unpaired) electrons. The molecule has 0 fully saturated rings. The van der Waals surface area contributed by atoms with Gasteiger partial charge in [-0.3, -0.25) is 4.79 Å². The molecule has 1 heterocycles. The summed E-state index contributed by atoms with van der Waals surface area (Å²) in [7, 11) is 5.53. The van der Waals surface area contributed by atoms with Gasteiger partial charge in [0.2, 0.25) is 0 Å². The third kappa shape index (κ3) is 1.69. The standard InChI is InChI=1S/C10H9BN2O/c11-9-4-2-8(3-5-9)10(14)13-7-1-6-12-13/h2-6H,1,7H2. The molecule has 0 atom stereocenters. The van der Waals surface area contributed by atoms with E-state index in [4.69, 9.17) is 7.85 Å². The number of nitrogens with zero attached hydrogens (tertiary/aromatic N) is 2. The maximum Gasteiger partial charge on any atom is 0.273 e. The molecule has 0 saturated heterocycles. The third-order valence-corrected chi connectivity index (χ3v) is 2.08. The van der Waals surface area contributed by atoms with E-state index < -0.39 is 0 Å². The van der Waals surface area contributed by atoms with Crippen molar-refractivity contribution in [2.75, 3.05) is 6.54 Å². The van der Waals surface area contributed by atoms with Crippen LogP contribution in [0.15, 0.2) is 29.4 Å². The number of rotatable bonds is 1. The maximum absolute atomic E-state index is 11.7. The molecule has 3 nitrogen and oxygen atoms in total. The smallest absolute Gasteiger partial charge is 0.267 e. The summed E-state index contributed by atoms with van der Waals surface area (Å²) in [4.78, 5) is 11.7. The molecular weight excluding hydrogens is 175 g/mol. The first kappa shape index (κ1) is 9.00. The summed E-state index contributed by atoms with van der Waals surface area (Å²) in [6.45, 7) is 0.670. The molecule has 0 saturated carbocycles. The number of hydrogen-bond acceptors (Lipinski definition) is 2. The Labute approximate surface area is 83.8 Å². The van der Waals surface area contributed by atoms with Crippen molar-refractivity contribution in [1.82, 2.24) is 5.01 Å². The highest BCUT2D eigenvalue weighted by Gasteiger charge is 2.16. The van der Waals surface area contributed by atoms with Crippen LogP contribution in [0.5, 0.6) is 0 Å². The van der Waals surface area contributed by atoms with Gasteiger partial charge < -0.3 is 0 Å². The first-order chi connectivity index (χ1) is 6.77. The van der Waals surface area contributed by atoms with Crippen LogP contribution >= 0.6 is 0 Å². The Morgan fingerprint density at radius 1 is 1.36 bits per heavy atom. The van der Waals surface area contributed by atoms with Gasteiger partial charge >= 0.3 is 0 Å². The minimum Gasteiger partial charge on any atom is -0.267 e. The van der Waals surface area contributed by atoms with E-state index >= 15 is 0 Å². The molecule has 1 aliphatic rings. The van der Waals surface area contributed by atoms with Gasteiger partial charge in [-0.1, -0.05) is 17.6 Å². The first-order valence-corrected chi connectivity index (χ1v) is 4.47. The van der Waals surface area contributed by atoms with Gasteiger partial charge in [-0.05, 0) is 12.1 Å². The fourth-order valence-electron chi connectivity index (χ4n) is 1.32. The quantitative estimate of drug-likeness (QED) is 0.578. The Kier molecular flexibility index (Phi) is 2.35. The number of amides is 1. The Bertz CT molecular complexity index is 372. The van der Waals surface area contributed by atoms with Crippen molar-refractivity contribution in [2.24, 2.45) is 5.10 Å². The summed E-state index contributed by atoms with van der Waals surface area (Å²) < 4.78 is 0. The van der Waals surface area contributed by atoms with Crippen LogP contribution in [0.4, 0.5) is 0 Å². The van der Waals surface area contributed by atoms with E-state index in [2.05, 4.69) is 5.10 Å². The van der Waals surface area contributed by atoms with E-state index in [1.54, 1.807) is 30.5 Å². The topological polar surface area (TPSA) is 32.7 Å². The Balaban J connectivity index is 2.18. The van der Waals surface area contributed by atoms with Crippen molar-refractivity contribution in [1.29, 1.82) is 0 Å². The molecule has 0 aliphatic carbocycles. The average molecular weight is 184 g/mol. The number of hydrazone groups is 1. The zero-order valence-corrected chi connectivity index (χ0v) is 7.68. The largest absolute Gasteiger partial charge is 0.273 e. The predicted molar refractivity (Wildman–Crippen MR) is 56.0 cm³/mol. The van der Waals surface area contributed by atoms with Gasteiger partial charge in [0.15, 0.2) is 0 Å². The van der Waals surface area contributed by atoms with Crippen LogP contribution in [-0.2, 0) is 0 Å². The van der Waals surface area contributed by atoms with Crippen LogP contribution in [0.25, 0.3) is 0 Å². The number of carbonyl (C=O) groups is 1. The van der Waals surface area contributed by atoms with Crippen molar-refractivity contribution < 1.29 is 4.79 Å². The molecule has 68 valence electrons. The fraction of sp³-hybridized carbons (Fsp3) is 0.200. The normalized spacial score (nSPS) is 14.7. The summed E-state index contributed by atoms with van der Waals surface area (Å²) in [5, 5.41) is 5.43. The van der Waals surface area contributed by atoms with Gasteiger partial charge in [-0.15, -0.1) is 0 Å². The second kappa shape index (κ2) is 3.66. The molecule has 14 heavy (non-hydrogen) atoms. The highest BCUT2D eigenvalue weighted by atomic mass is 16.2. The third-order valence-electron chi connectivity index (χ3n) is 2.08. The molecule has 1 aromatic rings. The molecule has 0 aromatic heterocycles. The lowest BCUT2D eigenvalue weighted by atomic mass is 9.95. The van der Waals surface area contributed by atoms with Crippen molar-refractivity contribution in [3.63, 3.8) is 0 Å². The van der Waals surface area contributed by atoms with Crippen molar-refractivity contribution in [2.45, 2.75) is 6.42 Å².